The zero-order chi connectivity index (χ0) is 15.2. The third kappa shape index (κ3) is 4.71. The topological polar surface area (TPSA) is 87.7 Å². The van der Waals surface area contributed by atoms with Crippen LogP contribution in [0.3, 0.4) is 0 Å². The Morgan fingerprint density at radius 2 is 2.24 bits per heavy atom. The van der Waals surface area contributed by atoms with Crippen molar-refractivity contribution in [1.29, 1.82) is 0 Å². The van der Waals surface area contributed by atoms with E-state index in [-0.39, 0.29) is 17.4 Å². The molecule has 1 unspecified atom stereocenters. The summed E-state index contributed by atoms with van der Waals surface area (Å²) < 4.78 is 6.10. The molecule has 0 radical (unpaired) electrons. The van der Waals surface area contributed by atoms with Crippen molar-refractivity contribution in [3.05, 3.63) is 28.2 Å². The molecule has 1 aliphatic rings. The Hall–Kier alpha value is -1.60. The molecule has 1 atom stereocenters. The molecule has 2 amide bonds. The van der Waals surface area contributed by atoms with Gasteiger partial charge in [0.2, 0.25) is 0 Å². The molecule has 114 valence electrons. The predicted octanol–water partition coefficient (Wildman–Crippen LogP) is 2.84. The Balaban J connectivity index is 1.85. The number of nitrogens with one attached hydrogen (secondary N) is 2. The second-order valence-electron chi connectivity index (χ2n) is 4.80. The van der Waals surface area contributed by atoms with E-state index in [4.69, 9.17) is 9.84 Å². The van der Waals surface area contributed by atoms with Crippen molar-refractivity contribution in [2.75, 3.05) is 18.5 Å². The second-order valence-corrected chi connectivity index (χ2v) is 5.72. The zero-order valence-corrected chi connectivity index (χ0v) is 13.0. The third-order valence-electron chi connectivity index (χ3n) is 3.24. The van der Waals surface area contributed by atoms with E-state index in [1.54, 1.807) is 12.1 Å². The first-order chi connectivity index (χ1) is 10.1. The van der Waals surface area contributed by atoms with Crippen molar-refractivity contribution in [3.63, 3.8) is 0 Å². The van der Waals surface area contributed by atoms with Crippen LogP contribution in [-0.2, 0) is 4.74 Å². The lowest BCUT2D eigenvalue weighted by Crippen LogP contribution is -2.31. The molecule has 0 spiro atoms. The number of anilines is 1. The van der Waals surface area contributed by atoms with Crippen LogP contribution in [0.5, 0.6) is 0 Å². The van der Waals surface area contributed by atoms with Crippen molar-refractivity contribution in [2.45, 2.75) is 25.4 Å². The highest BCUT2D eigenvalue weighted by molar-refractivity contribution is 9.10. The first-order valence-corrected chi connectivity index (χ1v) is 7.55. The summed E-state index contributed by atoms with van der Waals surface area (Å²) in [6.07, 6.45) is 3.07. The molecule has 1 fully saturated rings. The molecular weight excluding hydrogens is 340 g/mol. The Morgan fingerprint density at radius 1 is 1.43 bits per heavy atom. The van der Waals surface area contributed by atoms with Gasteiger partial charge in [0.15, 0.2) is 0 Å². The van der Waals surface area contributed by atoms with Gasteiger partial charge in [0.25, 0.3) is 0 Å². The fourth-order valence-electron chi connectivity index (χ4n) is 2.19. The molecule has 0 aliphatic carbocycles. The van der Waals surface area contributed by atoms with Crippen molar-refractivity contribution < 1.29 is 19.4 Å². The lowest BCUT2D eigenvalue weighted by molar-refractivity contribution is 0.0698. The molecule has 1 aliphatic heterocycles. The fourth-order valence-corrected chi connectivity index (χ4v) is 2.55. The average Bonchev–Trinajstić information content (AvgIpc) is 2.94. The number of urea groups is 1. The summed E-state index contributed by atoms with van der Waals surface area (Å²) in [6, 6.07) is 4.25. The van der Waals surface area contributed by atoms with E-state index in [0.717, 1.165) is 25.9 Å². The maximum Gasteiger partial charge on any atom is 0.337 e. The molecule has 0 aromatic heterocycles. The molecular formula is C14H17BrN2O4. The molecule has 1 aromatic rings. The number of hydrogen-bond donors (Lipinski definition) is 3. The summed E-state index contributed by atoms with van der Waals surface area (Å²) in [6.45, 7) is 1.28. The summed E-state index contributed by atoms with van der Waals surface area (Å²) in [5.74, 6) is -1.09. The van der Waals surface area contributed by atoms with Crippen LogP contribution in [-0.4, -0.2) is 36.4 Å². The number of hydrogen-bond acceptors (Lipinski definition) is 3. The lowest BCUT2D eigenvalue weighted by Gasteiger charge is -2.12. The quantitative estimate of drug-likeness (QED) is 0.756. The minimum absolute atomic E-state index is 0.0404. The highest BCUT2D eigenvalue weighted by Gasteiger charge is 2.16. The van der Waals surface area contributed by atoms with Crippen LogP contribution in [0.25, 0.3) is 0 Å². The van der Waals surface area contributed by atoms with Gasteiger partial charge in [-0.25, -0.2) is 9.59 Å². The zero-order valence-electron chi connectivity index (χ0n) is 11.4. The Labute approximate surface area is 131 Å². The minimum Gasteiger partial charge on any atom is -0.478 e. The van der Waals surface area contributed by atoms with Gasteiger partial charge in [0.05, 0.1) is 17.4 Å². The van der Waals surface area contributed by atoms with Crippen LogP contribution in [0.1, 0.15) is 29.6 Å². The Kier molecular flexibility index (Phi) is 5.58. The average molecular weight is 357 g/mol. The number of halogens is 1. The van der Waals surface area contributed by atoms with E-state index < -0.39 is 12.0 Å². The Bertz CT molecular complexity index is 530. The number of carbonyl (C=O) groups is 2. The summed E-state index contributed by atoms with van der Waals surface area (Å²) in [7, 11) is 0. The molecule has 7 heteroatoms. The van der Waals surface area contributed by atoms with Crippen molar-refractivity contribution in [3.8, 4) is 0 Å². The first kappa shape index (κ1) is 15.8. The minimum atomic E-state index is -1.09. The highest BCUT2D eigenvalue weighted by atomic mass is 79.9. The molecule has 3 N–H and O–H groups in total. The molecule has 0 saturated carbocycles. The highest BCUT2D eigenvalue weighted by Crippen LogP contribution is 2.21. The van der Waals surface area contributed by atoms with Crippen LogP contribution in [0.2, 0.25) is 0 Å². The van der Waals surface area contributed by atoms with Gasteiger partial charge in [0, 0.05) is 17.6 Å². The largest absolute Gasteiger partial charge is 0.478 e. The number of carboxylic acids is 1. The molecule has 21 heavy (non-hydrogen) atoms. The van der Waals surface area contributed by atoms with Gasteiger partial charge >= 0.3 is 12.0 Å². The van der Waals surface area contributed by atoms with Gasteiger partial charge < -0.3 is 20.5 Å². The fraction of sp³-hybridized carbons (Fsp3) is 0.429. The number of aromatic carboxylic acids is 1. The molecule has 2 rings (SSSR count). The number of carbonyl (C=O) groups excluding carboxylic acids is 1. The van der Waals surface area contributed by atoms with Gasteiger partial charge in [-0.05, 0) is 37.5 Å². The maximum absolute atomic E-state index is 11.8. The van der Waals surface area contributed by atoms with Gasteiger partial charge in [-0.3, -0.25) is 0 Å². The monoisotopic (exact) mass is 356 g/mol. The van der Waals surface area contributed by atoms with E-state index in [2.05, 4.69) is 26.6 Å². The molecule has 1 heterocycles. The summed E-state index contributed by atoms with van der Waals surface area (Å²) >= 11 is 3.20. The molecule has 0 bridgehead atoms. The Morgan fingerprint density at radius 3 is 2.90 bits per heavy atom. The molecule has 6 nitrogen and oxygen atoms in total. The first-order valence-electron chi connectivity index (χ1n) is 6.75. The van der Waals surface area contributed by atoms with E-state index in [1.807, 2.05) is 0 Å². The summed E-state index contributed by atoms with van der Waals surface area (Å²) in [5, 5.41) is 14.4. The van der Waals surface area contributed by atoms with Gasteiger partial charge in [-0.2, -0.15) is 0 Å². The standard InChI is InChI=1S/C14H17BrN2O4/c15-9-3-4-12(11(8-9)13(18)19)17-14(20)16-6-5-10-2-1-7-21-10/h3-4,8,10H,1-2,5-7H2,(H,18,19)(H2,16,17,20). The van der Waals surface area contributed by atoms with E-state index in [0.29, 0.717) is 11.0 Å². The predicted molar refractivity (Wildman–Crippen MR) is 81.7 cm³/mol. The normalized spacial score (nSPS) is 17.5. The van der Waals surface area contributed by atoms with E-state index in [1.165, 1.54) is 6.07 Å². The summed E-state index contributed by atoms with van der Waals surface area (Å²) in [5.41, 5.74) is 0.305. The lowest BCUT2D eigenvalue weighted by atomic mass is 10.2. The van der Waals surface area contributed by atoms with Crippen LogP contribution in [0.15, 0.2) is 22.7 Å². The van der Waals surface area contributed by atoms with Crippen LogP contribution >= 0.6 is 15.9 Å². The van der Waals surface area contributed by atoms with Gasteiger partial charge in [0.1, 0.15) is 0 Å². The third-order valence-corrected chi connectivity index (χ3v) is 3.73. The van der Waals surface area contributed by atoms with E-state index >= 15 is 0 Å². The van der Waals surface area contributed by atoms with Gasteiger partial charge in [-0.1, -0.05) is 15.9 Å². The molecule has 1 saturated heterocycles. The van der Waals surface area contributed by atoms with Crippen LogP contribution in [0.4, 0.5) is 10.5 Å². The van der Waals surface area contributed by atoms with E-state index in [9.17, 15) is 9.59 Å². The van der Waals surface area contributed by atoms with Crippen LogP contribution in [0, 0.1) is 0 Å². The van der Waals surface area contributed by atoms with Gasteiger partial charge in [-0.15, -0.1) is 0 Å². The molecule has 1 aromatic carbocycles. The SMILES string of the molecule is O=C(NCCC1CCCO1)Nc1ccc(Br)cc1C(=O)O. The maximum atomic E-state index is 11.8. The second kappa shape index (κ2) is 7.42. The number of carboxylic acid groups (broad SMARTS) is 1. The van der Waals surface area contributed by atoms with Crippen molar-refractivity contribution in [1.82, 2.24) is 5.32 Å². The van der Waals surface area contributed by atoms with Crippen molar-refractivity contribution >= 4 is 33.6 Å². The number of amides is 2. The van der Waals surface area contributed by atoms with Crippen molar-refractivity contribution in [2.24, 2.45) is 0 Å². The van der Waals surface area contributed by atoms with Crippen LogP contribution < -0.4 is 10.6 Å². The number of rotatable bonds is 5. The number of benzene rings is 1. The summed E-state index contributed by atoms with van der Waals surface area (Å²) in [4.78, 5) is 22.9. The smallest absolute Gasteiger partial charge is 0.337 e. The number of ether oxygens (including phenoxy) is 1.